The summed E-state index contributed by atoms with van der Waals surface area (Å²) in [5, 5.41) is 1.18. The molecule has 0 N–H and O–H groups in total. The van der Waals surface area contributed by atoms with Gasteiger partial charge in [-0.1, -0.05) is 42.5 Å². The number of ether oxygens (including phenoxy) is 3. The number of fused-ring (bicyclic) bond motifs is 1. The van der Waals surface area contributed by atoms with E-state index in [2.05, 4.69) is 54.4 Å². The average molecular weight is 489 g/mol. The van der Waals surface area contributed by atoms with Crippen LogP contribution < -0.4 is 0 Å². The number of rotatable bonds is 8. The minimum atomic E-state index is -0.240. The third-order valence-corrected chi connectivity index (χ3v) is 7.66. The summed E-state index contributed by atoms with van der Waals surface area (Å²) >= 11 is 0. The summed E-state index contributed by atoms with van der Waals surface area (Å²) in [5.74, 6) is 0.511. The van der Waals surface area contributed by atoms with Crippen LogP contribution in [-0.2, 0) is 19.0 Å². The van der Waals surface area contributed by atoms with Crippen molar-refractivity contribution in [2.24, 2.45) is 5.92 Å². The van der Waals surface area contributed by atoms with Crippen molar-refractivity contribution in [1.82, 2.24) is 9.88 Å². The number of nitrogens with zero attached hydrogens (tertiary/aromatic N) is 2. The largest absolute Gasteiger partial charge is 0.382 e. The van der Waals surface area contributed by atoms with Gasteiger partial charge in [-0.2, -0.15) is 0 Å². The zero-order chi connectivity index (χ0) is 24.9. The van der Waals surface area contributed by atoms with Crippen molar-refractivity contribution in [1.29, 1.82) is 0 Å². The highest BCUT2D eigenvalue weighted by Crippen LogP contribution is 2.36. The number of aryl methyl sites for hydroxylation is 1. The number of amides is 1. The monoisotopic (exact) mass is 488 g/mol. The van der Waals surface area contributed by atoms with Gasteiger partial charge in [0.15, 0.2) is 0 Å². The van der Waals surface area contributed by atoms with Crippen LogP contribution in [0.2, 0.25) is 0 Å². The van der Waals surface area contributed by atoms with Crippen molar-refractivity contribution < 1.29 is 19.0 Å². The van der Waals surface area contributed by atoms with Crippen LogP contribution in [-0.4, -0.2) is 61.9 Å². The summed E-state index contributed by atoms with van der Waals surface area (Å²) in [6, 6.07) is 17.0. The molecule has 0 bridgehead atoms. The first-order valence-electron chi connectivity index (χ1n) is 13.1. The summed E-state index contributed by atoms with van der Waals surface area (Å²) in [6.45, 7) is 5.49. The van der Waals surface area contributed by atoms with Gasteiger partial charge in [-0.05, 0) is 61.3 Å². The summed E-state index contributed by atoms with van der Waals surface area (Å²) in [7, 11) is 1.70. The van der Waals surface area contributed by atoms with Gasteiger partial charge >= 0.3 is 0 Å². The van der Waals surface area contributed by atoms with Crippen LogP contribution in [0, 0.1) is 12.8 Å². The minimum Gasteiger partial charge on any atom is -0.382 e. The Morgan fingerprint density at radius 2 is 1.86 bits per heavy atom. The van der Waals surface area contributed by atoms with Gasteiger partial charge in [0.1, 0.15) is 6.10 Å². The van der Waals surface area contributed by atoms with Gasteiger partial charge in [0.05, 0.1) is 24.8 Å². The molecule has 2 fully saturated rings. The molecule has 2 aliphatic heterocycles. The number of carbonyl (C=O) groups excluding carboxylic acids is 1. The molecule has 2 atom stereocenters. The second-order valence-electron chi connectivity index (χ2n) is 9.88. The number of carbonyl (C=O) groups is 1. The maximum absolute atomic E-state index is 12.8. The number of pyridine rings is 1. The molecule has 3 aromatic rings. The number of hydrogen-bond donors (Lipinski definition) is 0. The standard InChI is InChI=1S/C30H36N2O4/c1-21-25-6-3-4-7-27(25)31-20-26(21)22-9-11-23(12-10-22)29(36-19-18-34-2)24-13-15-32(16-14-24)30(33)28-8-5-17-35-28/h3-4,6-7,9-12,20,24,28-29H,5,8,13-19H2,1-2H3. The SMILES string of the molecule is COCCOC(c1ccc(-c2cnc3ccccc3c2C)cc1)C1CCN(C(=O)C2CCCO2)CC1. The predicted octanol–water partition coefficient (Wildman–Crippen LogP) is 5.33. The number of likely N-dealkylation sites (tertiary alicyclic amines) is 1. The molecule has 3 heterocycles. The van der Waals surface area contributed by atoms with E-state index in [1.807, 2.05) is 17.2 Å². The highest BCUT2D eigenvalue weighted by molar-refractivity contribution is 5.88. The summed E-state index contributed by atoms with van der Waals surface area (Å²) in [5.41, 5.74) is 5.74. The molecule has 2 unspecified atom stereocenters. The molecule has 1 aromatic heterocycles. The zero-order valence-corrected chi connectivity index (χ0v) is 21.3. The van der Waals surface area contributed by atoms with Gasteiger partial charge in [0.25, 0.3) is 5.91 Å². The van der Waals surface area contributed by atoms with Crippen LogP contribution in [0.1, 0.15) is 42.9 Å². The van der Waals surface area contributed by atoms with Crippen LogP contribution >= 0.6 is 0 Å². The van der Waals surface area contributed by atoms with Crippen molar-refractivity contribution in [3.8, 4) is 11.1 Å². The Labute approximate surface area is 213 Å². The quantitative estimate of drug-likeness (QED) is 0.401. The van der Waals surface area contributed by atoms with Crippen LogP contribution in [0.25, 0.3) is 22.0 Å². The summed E-state index contributed by atoms with van der Waals surface area (Å²) in [6.07, 6.45) is 5.38. The van der Waals surface area contributed by atoms with Crippen LogP contribution in [0.3, 0.4) is 0 Å². The number of piperidine rings is 1. The van der Waals surface area contributed by atoms with Crippen LogP contribution in [0.5, 0.6) is 0 Å². The first-order valence-corrected chi connectivity index (χ1v) is 13.1. The lowest BCUT2D eigenvalue weighted by atomic mass is 9.86. The number of methoxy groups -OCH3 is 1. The molecule has 2 aromatic carbocycles. The molecule has 6 heteroatoms. The molecule has 5 rings (SSSR count). The lowest BCUT2D eigenvalue weighted by Gasteiger charge is -2.37. The molecule has 0 saturated carbocycles. The maximum Gasteiger partial charge on any atom is 0.251 e. The lowest BCUT2D eigenvalue weighted by Crippen LogP contribution is -2.44. The normalized spacial score (nSPS) is 19.6. The predicted molar refractivity (Wildman–Crippen MR) is 141 cm³/mol. The van der Waals surface area contributed by atoms with Gasteiger partial charge in [0.2, 0.25) is 0 Å². The molecule has 0 spiro atoms. The van der Waals surface area contributed by atoms with Gasteiger partial charge in [0, 0.05) is 44.0 Å². The third-order valence-electron chi connectivity index (χ3n) is 7.66. The Balaban J connectivity index is 1.31. The smallest absolute Gasteiger partial charge is 0.251 e. The number of para-hydroxylation sites is 1. The molecule has 0 aliphatic carbocycles. The molecule has 2 saturated heterocycles. The fraction of sp³-hybridized carbons (Fsp3) is 0.467. The van der Waals surface area contributed by atoms with Crippen molar-refractivity contribution >= 4 is 16.8 Å². The van der Waals surface area contributed by atoms with Crippen LogP contribution in [0.15, 0.2) is 54.7 Å². The van der Waals surface area contributed by atoms with E-state index in [0.29, 0.717) is 25.7 Å². The van der Waals surface area contributed by atoms with E-state index < -0.39 is 0 Å². The van der Waals surface area contributed by atoms with E-state index >= 15 is 0 Å². The first kappa shape index (κ1) is 24.9. The zero-order valence-electron chi connectivity index (χ0n) is 21.3. The highest BCUT2D eigenvalue weighted by atomic mass is 16.5. The molecular weight excluding hydrogens is 452 g/mol. The number of hydrogen-bond acceptors (Lipinski definition) is 5. The van der Waals surface area contributed by atoms with Gasteiger partial charge < -0.3 is 19.1 Å². The van der Waals surface area contributed by atoms with E-state index in [0.717, 1.165) is 55.4 Å². The molecular formula is C30H36N2O4. The van der Waals surface area contributed by atoms with Crippen molar-refractivity contribution in [2.45, 2.75) is 44.8 Å². The Morgan fingerprint density at radius 3 is 2.58 bits per heavy atom. The van der Waals surface area contributed by atoms with E-state index in [1.54, 1.807) is 7.11 Å². The highest BCUT2D eigenvalue weighted by Gasteiger charge is 2.34. The van der Waals surface area contributed by atoms with Crippen LogP contribution in [0.4, 0.5) is 0 Å². The number of aromatic nitrogens is 1. The van der Waals surface area contributed by atoms with E-state index in [9.17, 15) is 4.79 Å². The third kappa shape index (κ3) is 5.31. The molecule has 190 valence electrons. The summed E-state index contributed by atoms with van der Waals surface area (Å²) < 4.78 is 17.2. The molecule has 6 nitrogen and oxygen atoms in total. The maximum atomic E-state index is 12.8. The average Bonchev–Trinajstić information content (AvgIpc) is 3.47. The Bertz CT molecular complexity index is 1170. The second-order valence-corrected chi connectivity index (χ2v) is 9.88. The van der Waals surface area contributed by atoms with Crippen molar-refractivity contribution in [3.63, 3.8) is 0 Å². The van der Waals surface area contributed by atoms with E-state index in [-0.39, 0.29) is 18.1 Å². The summed E-state index contributed by atoms with van der Waals surface area (Å²) in [4.78, 5) is 19.4. The topological polar surface area (TPSA) is 60.9 Å². The minimum absolute atomic E-state index is 0.0231. The second kappa shape index (κ2) is 11.5. The number of benzene rings is 2. The molecule has 1 amide bonds. The first-order chi connectivity index (χ1) is 17.7. The van der Waals surface area contributed by atoms with Crippen molar-refractivity contribution in [2.75, 3.05) is 40.0 Å². The lowest BCUT2D eigenvalue weighted by molar-refractivity contribution is -0.143. The fourth-order valence-corrected chi connectivity index (χ4v) is 5.58. The van der Waals surface area contributed by atoms with Gasteiger partial charge in [-0.3, -0.25) is 9.78 Å². The Morgan fingerprint density at radius 1 is 1.08 bits per heavy atom. The fourth-order valence-electron chi connectivity index (χ4n) is 5.58. The van der Waals surface area contributed by atoms with Gasteiger partial charge in [-0.25, -0.2) is 0 Å². The van der Waals surface area contributed by atoms with E-state index in [4.69, 9.17) is 14.2 Å². The molecule has 36 heavy (non-hydrogen) atoms. The van der Waals surface area contributed by atoms with Gasteiger partial charge in [-0.15, -0.1) is 0 Å². The molecule has 0 radical (unpaired) electrons. The Kier molecular flexibility index (Phi) is 7.95. The van der Waals surface area contributed by atoms with Crippen molar-refractivity contribution in [3.05, 3.63) is 65.9 Å². The Hall–Kier alpha value is -2.80. The van der Waals surface area contributed by atoms with E-state index in [1.165, 1.54) is 16.5 Å². The molecule has 2 aliphatic rings.